The van der Waals surface area contributed by atoms with E-state index in [0.717, 1.165) is 13.1 Å². The maximum absolute atomic E-state index is 8.89. The Morgan fingerprint density at radius 2 is 2.07 bits per heavy atom. The van der Waals surface area contributed by atoms with Crippen molar-refractivity contribution in [1.82, 2.24) is 15.1 Å². The SMILES string of the molecule is CN(C)CCN(C)c1nnccc1C#N. The average Bonchev–Trinajstić information content (AvgIpc) is 2.25. The number of nitriles is 1. The van der Waals surface area contributed by atoms with Crippen molar-refractivity contribution in [2.75, 3.05) is 39.1 Å². The molecule has 0 N–H and O–H groups in total. The van der Waals surface area contributed by atoms with Gasteiger partial charge in [0.1, 0.15) is 6.07 Å². The molecule has 0 radical (unpaired) electrons. The molecule has 0 amide bonds. The largest absolute Gasteiger partial charge is 0.356 e. The van der Waals surface area contributed by atoms with Crippen molar-refractivity contribution >= 4 is 5.82 Å². The smallest absolute Gasteiger partial charge is 0.169 e. The highest BCUT2D eigenvalue weighted by Gasteiger charge is 2.08. The molecule has 1 rings (SSSR count). The minimum absolute atomic E-state index is 0.561. The Hall–Kier alpha value is -1.67. The van der Waals surface area contributed by atoms with Crippen molar-refractivity contribution in [2.24, 2.45) is 0 Å². The second kappa shape index (κ2) is 5.27. The van der Waals surface area contributed by atoms with Crippen molar-refractivity contribution in [3.8, 4) is 6.07 Å². The molecule has 0 spiro atoms. The van der Waals surface area contributed by atoms with Gasteiger partial charge in [0.2, 0.25) is 0 Å². The third-order valence-electron chi connectivity index (χ3n) is 2.07. The molecule has 0 fully saturated rings. The first kappa shape index (κ1) is 11.4. The first-order valence-corrected chi connectivity index (χ1v) is 4.73. The lowest BCUT2D eigenvalue weighted by Crippen LogP contribution is -2.29. The molecule has 0 aliphatic rings. The lowest BCUT2D eigenvalue weighted by molar-refractivity contribution is 0.416. The highest BCUT2D eigenvalue weighted by molar-refractivity contribution is 5.51. The number of hydrogen-bond acceptors (Lipinski definition) is 5. The van der Waals surface area contributed by atoms with Gasteiger partial charge in [0.05, 0.1) is 11.8 Å². The fourth-order valence-electron chi connectivity index (χ4n) is 1.15. The number of likely N-dealkylation sites (N-methyl/N-ethyl adjacent to an activating group) is 2. The van der Waals surface area contributed by atoms with Gasteiger partial charge in [-0.3, -0.25) is 0 Å². The number of hydrogen-bond donors (Lipinski definition) is 0. The van der Waals surface area contributed by atoms with Crippen molar-refractivity contribution in [3.63, 3.8) is 0 Å². The zero-order chi connectivity index (χ0) is 11.3. The molecule has 1 heterocycles. The Balaban J connectivity index is 2.73. The van der Waals surface area contributed by atoms with Crippen molar-refractivity contribution < 1.29 is 0 Å². The third-order valence-corrected chi connectivity index (χ3v) is 2.07. The third kappa shape index (κ3) is 3.18. The second-order valence-corrected chi connectivity index (χ2v) is 3.61. The van der Waals surface area contributed by atoms with Crippen molar-refractivity contribution in [1.29, 1.82) is 5.26 Å². The minimum Gasteiger partial charge on any atom is -0.356 e. The summed E-state index contributed by atoms with van der Waals surface area (Å²) in [6, 6.07) is 3.78. The van der Waals surface area contributed by atoms with E-state index in [2.05, 4.69) is 21.2 Å². The fraction of sp³-hybridized carbons (Fsp3) is 0.500. The first-order chi connectivity index (χ1) is 7.15. The summed E-state index contributed by atoms with van der Waals surface area (Å²) in [4.78, 5) is 4.02. The van der Waals surface area contributed by atoms with E-state index in [1.807, 2.05) is 26.0 Å². The molecule has 5 nitrogen and oxygen atoms in total. The van der Waals surface area contributed by atoms with Gasteiger partial charge in [-0.1, -0.05) is 0 Å². The standard InChI is InChI=1S/C10H15N5/c1-14(2)6-7-15(3)10-9(8-11)4-5-12-13-10/h4-5H,6-7H2,1-3H3. The van der Waals surface area contributed by atoms with E-state index in [9.17, 15) is 0 Å². The summed E-state index contributed by atoms with van der Waals surface area (Å²) in [5.74, 6) is 0.641. The van der Waals surface area contributed by atoms with E-state index in [1.54, 1.807) is 6.07 Å². The number of aromatic nitrogens is 2. The number of nitrogens with zero attached hydrogens (tertiary/aromatic N) is 5. The Bertz CT molecular complexity index is 355. The molecule has 5 heteroatoms. The maximum atomic E-state index is 8.89. The summed E-state index contributed by atoms with van der Waals surface area (Å²) >= 11 is 0. The highest BCUT2D eigenvalue weighted by Crippen LogP contribution is 2.12. The van der Waals surface area contributed by atoms with Crippen LogP contribution in [0, 0.1) is 11.3 Å². The van der Waals surface area contributed by atoms with Gasteiger partial charge in [-0.25, -0.2) is 0 Å². The number of rotatable bonds is 4. The molecule has 1 aromatic heterocycles. The molecule has 0 aliphatic carbocycles. The molecule has 0 saturated heterocycles. The van der Waals surface area contributed by atoms with Gasteiger partial charge in [0.25, 0.3) is 0 Å². The van der Waals surface area contributed by atoms with E-state index in [1.165, 1.54) is 6.20 Å². The highest BCUT2D eigenvalue weighted by atomic mass is 15.3. The summed E-state index contributed by atoms with van der Waals surface area (Å²) in [5.41, 5.74) is 0.561. The van der Waals surface area contributed by atoms with Gasteiger partial charge in [0.15, 0.2) is 5.82 Å². The lowest BCUT2D eigenvalue weighted by Gasteiger charge is -2.20. The molecule has 0 unspecified atom stereocenters. The predicted octanol–water partition coefficient (Wildman–Crippen LogP) is 0.346. The van der Waals surface area contributed by atoms with Crippen LogP contribution in [0.4, 0.5) is 5.82 Å². The topological polar surface area (TPSA) is 56.1 Å². The summed E-state index contributed by atoms with van der Waals surface area (Å²) < 4.78 is 0. The summed E-state index contributed by atoms with van der Waals surface area (Å²) in [5, 5.41) is 16.6. The Morgan fingerprint density at radius 3 is 2.67 bits per heavy atom. The van der Waals surface area contributed by atoms with Crippen LogP contribution in [0.1, 0.15) is 5.56 Å². The van der Waals surface area contributed by atoms with Gasteiger partial charge in [0, 0.05) is 20.1 Å². The fourth-order valence-corrected chi connectivity index (χ4v) is 1.15. The molecule has 0 atom stereocenters. The van der Waals surface area contributed by atoms with Crippen molar-refractivity contribution in [2.45, 2.75) is 0 Å². The van der Waals surface area contributed by atoms with Crippen LogP contribution in [0.15, 0.2) is 12.3 Å². The quantitative estimate of drug-likeness (QED) is 0.709. The van der Waals surface area contributed by atoms with Gasteiger partial charge in [-0.05, 0) is 20.2 Å². The van der Waals surface area contributed by atoms with E-state index in [-0.39, 0.29) is 0 Å². The normalized spacial score (nSPS) is 10.1. The Kier molecular flexibility index (Phi) is 4.01. The van der Waals surface area contributed by atoms with Crippen LogP contribution in [0.3, 0.4) is 0 Å². The van der Waals surface area contributed by atoms with Gasteiger partial charge >= 0.3 is 0 Å². The Labute approximate surface area is 89.9 Å². The minimum atomic E-state index is 0.561. The van der Waals surface area contributed by atoms with Crippen LogP contribution in [0.2, 0.25) is 0 Å². The zero-order valence-electron chi connectivity index (χ0n) is 9.30. The van der Waals surface area contributed by atoms with Gasteiger partial charge < -0.3 is 9.80 Å². The molecular weight excluding hydrogens is 190 g/mol. The lowest BCUT2D eigenvalue weighted by atomic mass is 10.3. The monoisotopic (exact) mass is 205 g/mol. The van der Waals surface area contributed by atoms with E-state index in [4.69, 9.17) is 5.26 Å². The van der Waals surface area contributed by atoms with Crippen molar-refractivity contribution in [3.05, 3.63) is 17.8 Å². The summed E-state index contributed by atoms with van der Waals surface area (Å²) in [6.07, 6.45) is 1.53. The zero-order valence-corrected chi connectivity index (χ0v) is 9.30. The van der Waals surface area contributed by atoms with Crippen LogP contribution < -0.4 is 4.90 Å². The van der Waals surface area contributed by atoms with Gasteiger partial charge in [-0.2, -0.15) is 10.4 Å². The predicted molar refractivity (Wildman–Crippen MR) is 58.6 cm³/mol. The molecule has 0 aliphatic heterocycles. The molecule has 0 aromatic carbocycles. The molecule has 15 heavy (non-hydrogen) atoms. The molecule has 80 valence electrons. The number of anilines is 1. The van der Waals surface area contributed by atoms with E-state index in [0.29, 0.717) is 11.4 Å². The van der Waals surface area contributed by atoms with Gasteiger partial charge in [-0.15, -0.1) is 5.10 Å². The van der Waals surface area contributed by atoms with Crippen LogP contribution in [-0.2, 0) is 0 Å². The summed E-state index contributed by atoms with van der Waals surface area (Å²) in [7, 11) is 5.93. The van der Waals surface area contributed by atoms with E-state index < -0.39 is 0 Å². The molecule has 0 saturated carbocycles. The first-order valence-electron chi connectivity index (χ1n) is 4.73. The average molecular weight is 205 g/mol. The van der Waals surface area contributed by atoms with Crippen LogP contribution in [0.5, 0.6) is 0 Å². The van der Waals surface area contributed by atoms with E-state index >= 15 is 0 Å². The van der Waals surface area contributed by atoms with Crippen LogP contribution in [-0.4, -0.2) is 49.3 Å². The molecular formula is C10H15N5. The summed E-state index contributed by atoms with van der Waals surface area (Å²) in [6.45, 7) is 1.73. The second-order valence-electron chi connectivity index (χ2n) is 3.61. The molecule has 0 bridgehead atoms. The maximum Gasteiger partial charge on any atom is 0.169 e. The Morgan fingerprint density at radius 1 is 1.33 bits per heavy atom. The van der Waals surface area contributed by atoms with Crippen LogP contribution >= 0.6 is 0 Å². The molecule has 1 aromatic rings. The van der Waals surface area contributed by atoms with Crippen LogP contribution in [0.25, 0.3) is 0 Å².